The van der Waals surface area contributed by atoms with E-state index in [1.807, 2.05) is 6.92 Å². The van der Waals surface area contributed by atoms with Gasteiger partial charge in [-0.15, -0.1) is 0 Å². The summed E-state index contributed by atoms with van der Waals surface area (Å²) in [7, 11) is 0. The highest BCUT2D eigenvalue weighted by atomic mass is 16.2. The summed E-state index contributed by atoms with van der Waals surface area (Å²) in [6.07, 6.45) is 3.96. The first kappa shape index (κ1) is 13.1. The quantitative estimate of drug-likeness (QED) is 0.680. The minimum atomic E-state index is 0.00342. The monoisotopic (exact) mass is 199 g/mol. The number of nitrogens with one attached hydrogen (secondary N) is 1. The maximum Gasteiger partial charge on any atom is 0.223 e. The number of carbonyl (C=O) groups is 2. The molecule has 0 aliphatic carbocycles. The van der Waals surface area contributed by atoms with Gasteiger partial charge in [0.15, 0.2) is 0 Å². The highest BCUT2D eigenvalue weighted by molar-refractivity contribution is 5.85. The third-order valence-electron chi connectivity index (χ3n) is 2.28. The van der Waals surface area contributed by atoms with Gasteiger partial charge in [0.25, 0.3) is 0 Å². The van der Waals surface area contributed by atoms with Crippen LogP contribution < -0.4 is 5.32 Å². The predicted octanol–water partition coefficient (Wildman–Crippen LogP) is 1.91. The van der Waals surface area contributed by atoms with E-state index in [4.69, 9.17) is 0 Å². The van der Waals surface area contributed by atoms with E-state index < -0.39 is 0 Å². The molecule has 0 aromatic carbocycles. The Hall–Kier alpha value is -0.860. The van der Waals surface area contributed by atoms with Gasteiger partial charge in [0.05, 0.1) is 6.54 Å². The van der Waals surface area contributed by atoms with Gasteiger partial charge in [-0.25, -0.2) is 0 Å². The Morgan fingerprint density at radius 2 is 1.93 bits per heavy atom. The number of amides is 1. The Morgan fingerprint density at radius 3 is 2.36 bits per heavy atom. The van der Waals surface area contributed by atoms with E-state index in [2.05, 4.69) is 12.2 Å². The minimum Gasteiger partial charge on any atom is -0.349 e. The van der Waals surface area contributed by atoms with Crippen LogP contribution >= 0.6 is 0 Å². The van der Waals surface area contributed by atoms with Crippen LogP contribution in [0.3, 0.4) is 0 Å². The molecule has 3 nitrogen and oxygen atoms in total. The average molecular weight is 199 g/mol. The number of hydrogen-bond donors (Lipinski definition) is 1. The topological polar surface area (TPSA) is 46.2 Å². The zero-order valence-electron chi connectivity index (χ0n) is 9.43. The molecule has 1 unspecified atom stereocenters. The normalized spacial score (nSPS) is 12.2. The fourth-order valence-corrected chi connectivity index (χ4v) is 1.33. The summed E-state index contributed by atoms with van der Waals surface area (Å²) in [6.45, 7) is 5.77. The molecule has 1 N–H and O–H groups in total. The summed E-state index contributed by atoms with van der Waals surface area (Å²) in [5.74, 6) is 0.106. The number of hydrogen-bond acceptors (Lipinski definition) is 2. The van der Waals surface area contributed by atoms with Gasteiger partial charge >= 0.3 is 0 Å². The SMILES string of the molecule is CCCCC(CC)C(=O)NCC(C)=O. The van der Waals surface area contributed by atoms with Crippen molar-refractivity contribution in [2.24, 2.45) is 5.92 Å². The van der Waals surface area contributed by atoms with E-state index in [1.54, 1.807) is 0 Å². The van der Waals surface area contributed by atoms with Crippen molar-refractivity contribution in [2.75, 3.05) is 6.54 Å². The third-order valence-corrected chi connectivity index (χ3v) is 2.28. The number of unbranched alkanes of at least 4 members (excludes halogenated alkanes) is 1. The summed E-state index contributed by atoms with van der Waals surface area (Å²) in [4.78, 5) is 22.2. The summed E-state index contributed by atoms with van der Waals surface area (Å²) in [6, 6.07) is 0. The molecule has 1 atom stereocenters. The number of carbonyl (C=O) groups excluding carboxylic acids is 2. The molecule has 0 saturated heterocycles. The molecule has 0 aromatic rings. The van der Waals surface area contributed by atoms with Crippen molar-refractivity contribution >= 4 is 11.7 Å². The van der Waals surface area contributed by atoms with Gasteiger partial charge in [0, 0.05) is 5.92 Å². The lowest BCUT2D eigenvalue weighted by molar-refractivity contribution is -0.127. The molecule has 0 heterocycles. The molecule has 1 amide bonds. The first-order chi connectivity index (χ1) is 6.61. The highest BCUT2D eigenvalue weighted by Gasteiger charge is 2.15. The number of Topliss-reactive ketones (excluding diaryl/α,β-unsaturated/α-hetero) is 1. The van der Waals surface area contributed by atoms with Gasteiger partial charge in [-0.1, -0.05) is 26.7 Å². The van der Waals surface area contributed by atoms with Crippen molar-refractivity contribution < 1.29 is 9.59 Å². The molecule has 0 fully saturated rings. The van der Waals surface area contributed by atoms with Crippen LogP contribution in [0.25, 0.3) is 0 Å². The lowest BCUT2D eigenvalue weighted by Gasteiger charge is -2.13. The first-order valence-corrected chi connectivity index (χ1v) is 5.38. The van der Waals surface area contributed by atoms with E-state index in [1.165, 1.54) is 6.92 Å². The molecular weight excluding hydrogens is 178 g/mol. The number of ketones is 1. The second-order valence-corrected chi connectivity index (χ2v) is 3.67. The van der Waals surface area contributed by atoms with Crippen molar-refractivity contribution in [3.05, 3.63) is 0 Å². The standard InChI is InChI=1S/C11H21NO2/c1-4-6-7-10(5-2)11(14)12-8-9(3)13/h10H,4-8H2,1-3H3,(H,12,14). The van der Waals surface area contributed by atoms with E-state index >= 15 is 0 Å². The molecule has 82 valence electrons. The average Bonchev–Trinajstić information content (AvgIpc) is 2.16. The van der Waals surface area contributed by atoms with Crippen molar-refractivity contribution in [2.45, 2.75) is 46.5 Å². The maximum atomic E-state index is 11.5. The van der Waals surface area contributed by atoms with Crippen LogP contribution in [0.4, 0.5) is 0 Å². The minimum absolute atomic E-state index is 0.00342. The smallest absolute Gasteiger partial charge is 0.223 e. The lowest BCUT2D eigenvalue weighted by atomic mass is 9.98. The summed E-state index contributed by atoms with van der Waals surface area (Å²) >= 11 is 0. The Morgan fingerprint density at radius 1 is 1.29 bits per heavy atom. The molecule has 14 heavy (non-hydrogen) atoms. The van der Waals surface area contributed by atoms with E-state index in [9.17, 15) is 9.59 Å². The molecule has 0 aliphatic rings. The van der Waals surface area contributed by atoms with Crippen molar-refractivity contribution in [1.82, 2.24) is 5.32 Å². The first-order valence-electron chi connectivity index (χ1n) is 5.38. The Labute approximate surface area is 86.3 Å². The van der Waals surface area contributed by atoms with Crippen molar-refractivity contribution in [1.29, 1.82) is 0 Å². The van der Waals surface area contributed by atoms with E-state index in [-0.39, 0.29) is 24.2 Å². The predicted molar refractivity (Wildman–Crippen MR) is 57.0 cm³/mol. The fraction of sp³-hybridized carbons (Fsp3) is 0.818. The van der Waals surface area contributed by atoms with E-state index in [0.717, 1.165) is 25.7 Å². The van der Waals surface area contributed by atoms with Crippen LogP contribution in [0, 0.1) is 5.92 Å². The largest absolute Gasteiger partial charge is 0.349 e. The molecular formula is C11H21NO2. The van der Waals surface area contributed by atoms with E-state index in [0.29, 0.717) is 0 Å². The lowest BCUT2D eigenvalue weighted by Crippen LogP contribution is -2.33. The molecule has 0 rings (SSSR count). The second kappa shape index (κ2) is 7.54. The molecule has 0 radical (unpaired) electrons. The molecule has 0 saturated carbocycles. The zero-order valence-corrected chi connectivity index (χ0v) is 9.43. The van der Waals surface area contributed by atoms with Crippen LogP contribution in [-0.2, 0) is 9.59 Å². The molecule has 0 bridgehead atoms. The van der Waals surface area contributed by atoms with Gasteiger partial charge in [-0.05, 0) is 19.8 Å². The van der Waals surface area contributed by atoms with Gasteiger partial charge in [-0.2, -0.15) is 0 Å². The number of rotatable bonds is 7. The Bertz CT molecular complexity index is 190. The van der Waals surface area contributed by atoms with Crippen molar-refractivity contribution in [3.63, 3.8) is 0 Å². The van der Waals surface area contributed by atoms with Gasteiger partial charge in [-0.3, -0.25) is 9.59 Å². The highest BCUT2D eigenvalue weighted by Crippen LogP contribution is 2.12. The Kier molecular flexibility index (Phi) is 7.07. The van der Waals surface area contributed by atoms with Crippen LogP contribution in [0.2, 0.25) is 0 Å². The molecule has 0 aromatic heterocycles. The zero-order chi connectivity index (χ0) is 11.0. The molecule has 3 heteroatoms. The van der Waals surface area contributed by atoms with Crippen LogP contribution in [0.5, 0.6) is 0 Å². The van der Waals surface area contributed by atoms with Gasteiger partial charge in [0.1, 0.15) is 5.78 Å². The Balaban J connectivity index is 3.85. The van der Waals surface area contributed by atoms with Gasteiger partial charge in [0.2, 0.25) is 5.91 Å². The summed E-state index contributed by atoms with van der Waals surface area (Å²) < 4.78 is 0. The molecule has 0 aliphatic heterocycles. The summed E-state index contributed by atoms with van der Waals surface area (Å²) in [5.41, 5.74) is 0. The van der Waals surface area contributed by atoms with Crippen molar-refractivity contribution in [3.8, 4) is 0 Å². The van der Waals surface area contributed by atoms with Gasteiger partial charge < -0.3 is 5.32 Å². The molecule has 0 spiro atoms. The second-order valence-electron chi connectivity index (χ2n) is 3.67. The maximum absolute atomic E-state index is 11.5. The third kappa shape index (κ3) is 5.73. The summed E-state index contributed by atoms with van der Waals surface area (Å²) in [5, 5.41) is 2.65. The van der Waals surface area contributed by atoms with Crippen LogP contribution in [-0.4, -0.2) is 18.2 Å². The fourth-order valence-electron chi connectivity index (χ4n) is 1.33. The van der Waals surface area contributed by atoms with Crippen LogP contribution in [0.1, 0.15) is 46.5 Å². The van der Waals surface area contributed by atoms with Crippen LogP contribution in [0.15, 0.2) is 0 Å².